The second kappa shape index (κ2) is 5.88. The molecule has 0 unspecified atom stereocenters. The molecular formula is C13H21NO7. The van der Waals surface area contributed by atoms with Crippen LogP contribution in [0.5, 0.6) is 0 Å². The van der Waals surface area contributed by atoms with Gasteiger partial charge in [-0.15, -0.1) is 0 Å². The van der Waals surface area contributed by atoms with E-state index in [2.05, 4.69) is 9.47 Å². The molecule has 0 bridgehead atoms. The predicted octanol–water partition coefficient (Wildman–Crippen LogP) is 1.67. The highest BCUT2D eigenvalue weighted by Crippen LogP contribution is 2.28. The molecule has 1 aliphatic heterocycles. The quantitative estimate of drug-likeness (QED) is 0.537. The molecule has 21 heavy (non-hydrogen) atoms. The number of ether oxygens (including phenoxy) is 4. The Morgan fingerprint density at radius 1 is 1.24 bits per heavy atom. The average Bonchev–Trinajstić information content (AvgIpc) is 2.61. The normalized spacial score (nSPS) is 20.9. The molecule has 1 heterocycles. The fourth-order valence-corrected chi connectivity index (χ4v) is 1.84. The number of carbonyl (C=O) groups excluding carboxylic acids is 3. The Labute approximate surface area is 123 Å². The number of rotatable bonds is 1. The van der Waals surface area contributed by atoms with E-state index in [0.717, 1.165) is 4.90 Å². The minimum atomic E-state index is -1.12. The largest absolute Gasteiger partial charge is 0.516 e. The summed E-state index contributed by atoms with van der Waals surface area (Å²) >= 11 is 0. The van der Waals surface area contributed by atoms with Crippen LogP contribution in [0.4, 0.5) is 9.59 Å². The smallest absolute Gasteiger partial charge is 0.453 e. The average molecular weight is 303 g/mol. The molecule has 8 nitrogen and oxygen atoms in total. The third-order valence-electron chi connectivity index (χ3n) is 2.70. The van der Waals surface area contributed by atoms with E-state index in [9.17, 15) is 14.4 Å². The first-order valence-electron chi connectivity index (χ1n) is 6.44. The fraction of sp³-hybridized carbons (Fsp3) is 0.769. The zero-order valence-electron chi connectivity index (χ0n) is 13.1. The van der Waals surface area contributed by atoms with E-state index in [1.165, 1.54) is 7.11 Å². The Hall–Kier alpha value is -1.83. The van der Waals surface area contributed by atoms with E-state index in [0.29, 0.717) is 0 Å². The minimum absolute atomic E-state index is 0.0935. The first kappa shape index (κ1) is 17.2. The molecule has 1 saturated heterocycles. The summed E-state index contributed by atoms with van der Waals surface area (Å²) in [6, 6.07) is -1.07. The second-order valence-corrected chi connectivity index (χ2v) is 6.00. The summed E-state index contributed by atoms with van der Waals surface area (Å²) in [4.78, 5) is 36.3. The highest BCUT2D eigenvalue weighted by Gasteiger charge is 2.49. The summed E-state index contributed by atoms with van der Waals surface area (Å²) in [6.45, 7) is 8.03. The Kier molecular flexibility index (Phi) is 4.83. The molecule has 8 heteroatoms. The van der Waals surface area contributed by atoms with Crippen LogP contribution < -0.4 is 0 Å². The summed E-state index contributed by atoms with van der Waals surface area (Å²) in [5.74, 6) is -0.930. The topological polar surface area (TPSA) is 91.4 Å². The Morgan fingerprint density at radius 3 is 2.29 bits per heavy atom. The van der Waals surface area contributed by atoms with Crippen molar-refractivity contribution in [2.24, 2.45) is 0 Å². The molecule has 1 aliphatic rings. The van der Waals surface area contributed by atoms with Gasteiger partial charge in [0.25, 0.3) is 0 Å². The minimum Gasteiger partial charge on any atom is -0.453 e. The Bertz CT molecular complexity index is 438. The molecule has 0 spiro atoms. The maximum absolute atomic E-state index is 12.0. The Balaban J connectivity index is 2.77. The van der Waals surface area contributed by atoms with Crippen molar-refractivity contribution < 1.29 is 33.3 Å². The second-order valence-electron chi connectivity index (χ2n) is 6.00. The van der Waals surface area contributed by atoms with Crippen molar-refractivity contribution in [2.75, 3.05) is 13.7 Å². The fourth-order valence-electron chi connectivity index (χ4n) is 1.84. The lowest BCUT2D eigenvalue weighted by Crippen LogP contribution is -2.51. The Morgan fingerprint density at radius 2 is 1.81 bits per heavy atom. The molecule has 0 aromatic heterocycles. The SMILES string of the molecule is COC(=O)N1[C@H](C(=O)OC(=O)OC(C)(C)C)COC1(C)C. The first-order valence-corrected chi connectivity index (χ1v) is 6.44. The molecule has 120 valence electrons. The van der Waals surface area contributed by atoms with E-state index in [-0.39, 0.29) is 6.61 Å². The molecular weight excluding hydrogens is 282 g/mol. The van der Waals surface area contributed by atoms with E-state index < -0.39 is 35.6 Å². The zero-order chi connectivity index (χ0) is 16.4. The molecule has 0 N–H and O–H groups in total. The summed E-state index contributed by atoms with van der Waals surface area (Å²) in [6.07, 6.45) is -1.87. The van der Waals surface area contributed by atoms with Crippen LogP contribution in [0.1, 0.15) is 34.6 Å². The van der Waals surface area contributed by atoms with Gasteiger partial charge in [-0.1, -0.05) is 0 Å². The highest BCUT2D eigenvalue weighted by atomic mass is 16.7. The number of hydrogen-bond donors (Lipinski definition) is 0. The van der Waals surface area contributed by atoms with Gasteiger partial charge in [-0.25, -0.2) is 14.4 Å². The van der Waals surface area contributed by atoms with E-state index in [4.69, 9.17) is 9.47 Å². The summed E-state index contributed by atoms with van der Waals surface area (Å²) in [5, 5.41) is 0. The van der Waals surface area contributed by atoms with Crippen LogP contribution >= 0.6 is 0 Å². The van der Waals surface area contributed by atoms with Gasteiger partial charge in [0, 0.05) is 0 Å². The zero-order valence-corrected chi connectivity index (χ0v) is 13.1. The van der Waals surface area contributed by atoms with Crippen LogP contribution in [-0.4, -0.2) is 54.2 Å². The van der Waals surface area contributed by atoms with Crippen molar-refractivity contribution in [3.63, 3.8) is 0 Å². The number of esters is 1. The lowest BCUT2D eigenvalue weighted by Gasteiger charge is -2.31. The molecule has 0 aromatic rings. The van der Waals surface area contributed by atoms with Gasteiger partial charge in [-0.05, 0) is 34.6 Å². The van der Waals surface area contributed by atoms with Crippen LogP contribution in [0.25, 0.3) is 0 Å². The standard InChI is InChI=1S/C13H21NO7/c1-12(2,3)21-11(17)20-9(15)8-7-19-13(4,5)14(8)10(16)18-6/h8H,7H2,1-6H3/t8-/m0/s1. The van der Waals surface area contributed by atoms with Crippen LogP contribution in [-0.2, 0) is 23.7 Å². The summed E-state index contributed by atoms with van der Waals surface area (Å²) in [7, 11) is 1.19. The van der Waals surface area contributed by atoms with Crippen molar-refractivity contribution >= 4 is 18.2 Å². The lowest BCUT2D eigenvalue weighted by molar-refractivity contribution is -0.146. The van der Waals surface area contributed by atoms with Gasteiger partial charge in [0.1, 0.15) is 11.3 Å². The van der Waals surface area contributed by atoms with Gasteiger partial charge in [-0.3, -0.25) is 4.90 Å². The molecule has 0 aromatic carbocycles. The molecule has 0 aliphatic carbocycles. The van der Waals surface area contributed by atoms with Gasteiger partial charge in [0.05, 0.1) is 13.7 Å². The number of carbonyl (C=O) groups is 3. The van der Waals surface area contributed by atoms with Crippen molar-refractivity contribution in [3.05, 3.63) is 0 Å². The molecule has 0 saturated carbocycles. The van der Waals surface area contributed by atoms with Gasteiger partial charge >= 0.3 is 18.2 Å². The molecule has 1 atom stereocenters. The van der Waals surface area contributed by atoms with Crippen molar-refractivity contribution in [3.8, 4) is 0 Å². The summed E-state index contributed by atoms with van der Waals surface area (Å²) < 4.78 is 19.5. The van der Waals surface area contributed by atoms with Gasteiger partial charge in [0.2, 0.25) is 0 Å². The summed E-state index contributed by atoms with van der Waals surface area (Å²) in [5.41, 5.74) is -1.82. The number of methoxy groups -OCH3 is 1. The van der Waals surface area contributed by atoms with Crippen LogP contribution in [0.15, 0.2) is 0 Å². The highest BCUT2D eigenvalue weighted by molar-refractivity contribution is 5.88. The molecule has 1 rings (SSSR count). The van der Waals surface area contributed by atoms with Crippen molar-refractivity contribution in [1.29, 1.82) is 0 Å². The molecule has 1 fully saturated rings. The number of nitrogens with zero attached hydrogens (tertiary/aromatic N) is 1. The van der Waals surface area contributed by atoms with Gasteiger partial charge < -0.3 is 18.9 Å². The van der Waals surface area contributed by atoms with Gasteiger partial charge in [0.15, 0.2) is 6.04 Å². The van der Waals surface area contributed by atoms with E-state index in [1.54, 1.807) is 34.6 Å². The maximum Gasteiger partial charge on any atom is 0.516 e. The van der Waals surface area contributed by atoms with Crippen LogP contribution in [0, 0.1) is 0 Å². The van der Waals surface area contributed by atoms with E-state index >= 15 is 0 Å². The van der Waals surface area contributed by atoms with Gasteiger partial charge in [-0.2, -0.15) is 0 Å². The van der Waals surface area contributed by atoms with E-state index in [1.807, 2.05) is 0 Å². The van der Waals surface area contributed by atoms with Crippen LogP contribution in [0.3, 0.4) is 0 Å². The monoisotopic (exact) mass is 303 g/mol. The number of amides is 1. The molecule has 0 radical (unpaired) electrons. The third-order valence-corrected chi connectivity index (χ3v) is 2.70. The van der Waals surface area contributed by atoms with Crippen molar-refractivity contribution in [2.45, 2.75) is 52.0 Å². The van der Waals surface area contributed by atoms with Crippen molar-refractivity contribution in [1.82, 2.24) is 4.90 Å². The lowest BCUT2D eigenvalue weighted by atomic mass is 10.2. The first-order chi connectivity index (χ1) is 9.48. The maximum atomic E-state index is 12.0. The predicted molar refractivity (Wildman–Crippen MR) is 70.4 cm³/mol. The molecule has 1 amide bonds. The number of hydrogen-bond acceptors (Lipinski definition) is 7. The third kappa shape index (κ3) is 4.32. The van der Waals surface area contributed by atoms with Crippen LogP contribution in [0.2, 0.25) is 0 Å².